The summed E-state index contributed by atoms with van der Waals surface area (Å²) in [6.45, 7) is 11.3. The molecule has 2 rings (SSSR count). The van der Waals surface area contributed by atoms with Crippen molar-refractivity contribution in [2.24, 2.45) is 5.41 Å². The predicted molar refractivity (Wildman–Crippen MR) is 86.2 cm³/mol. The fourth-order valence-electron chi connectivity index (χ4n) is 2.43. The Balaban J connectivity index is 2.09. The summed E-state index contributed by atoms with van der Waals surface area (Å²) in [5.41, 5.74) is 2.09. The number of pyridine rings is 1. The maximum atomic E-state index is 12.2. The standard InChI is InChI=1S/C17H27N3O/c1-5-17(3,4)16(21)19-15-10-14(13(2)11-18-15)12-20-8-6-7-9-20/h10-11H,5-9,12H2,1-4H3,(H,18,19,21). The number of likely N-dealkylation sites (tertiary alicyclic amines) is 1. The molecule has 1 aromatic rings. The molecule has 1 N–H and O–H groups in total. The van der Waals surface area contributed by atoms with Crippen molar-refractivity contribution >= 4 is 11.7 Å². The van der Waals surface area contributed by atoms with Gasteiger partial charge >= 0.3 is 0 Å². The molecule has 1 saturated heterocycles. The van der Waals surface area contributed by atoms with Gasteiger partial charge in [0.1, 0.15) is 5.82 Å². The number of aromatic nitrogens is 1. The van der Waals surface area contributed by atoms with Crippen molar-refractivity contribution in [3.05, 3.63) is 23.4 Å². The average Bonchev–Trinajstić information content (AvgIpc) is 2.95. The van der Waals surface area contributed by atoms with Crippen LogP contribution < -0.4 is 5.32 Å². The summed E-state index contributed by atoms with van der Waals surface area (Å²) in [4.78, 5) is 19.1. The highest BCUT2D eigenvalue weighted by atomic mass is 16.2. The van der Waals surface area contributed by atoms with E-state index in [0.29, 0.717) is 5.82 Å². The van der Waals surface area contributed by atoms with Crippen LogP contribution >= 0.6 is 0 Å². The summed E-state index contributed by atoms with van der Waals surface area (Å²) >= 11 is 0. The molecule has 0 aromatic carbocycles. The minimum absolute atomic E-state index is 0.0356. The maximum absolute atomic E-state index is 12.2. The third-order valence-corrected chi connectivity index (χ3v) is 4.55. The number of nitrogens with one attached hydrogen (secondary N) is 1. The van der Waals surface area contributed by atoms with E-state index in [1.165, 1.54) is 37.1 Å². The molecule has 1 aromatic heterocycles. The Morgan fingerprint density at radius 1 is 1.38 bits per heavy atom. The number of hydrogen-bond acceptors (Lipinski definition) is 3. The second-order valence-corrected chi connectivity index (χ2v) is 6.67. The lowest BCUT2D eigenvalue weighted by Crippen LogP contribution is -2.30. The molecule has 0 radical (unpaired) electrons. The van der Waals surface area contributed by atoms with Gasteiger partial charge in [0.2, 0.25) is 5.91 Å². The van der Waals surface area contributed by atoms with Gasteiger partial charge in [-0.25, -0.2) is 4.98 Å². The van der Waals surface area contributed by atoms with Gasteiger partial charge < -0.3 is 5.32 Å². The number of rotatable bonds is 5. The van der Waals surface area contributed by atoms with Crippen molar-refractivity contribution in [1.82, 2.24) is 9.88 Å². The van der Waals surface area contributed by atoms with E-state index in [1.807, 2.05) is 33.0 Å². The third kappa shape index (κ3) is 4.03. The number of amides is 1. The Labute approximate surface area is 127 Å². The van der Waals surface area contributed by atoms with Crippen LogP contribution in [0.3, 0.4) is 0 Å². The lowest BCUT2D eigenvalue weighted by molar-refractivity contribution is -0.124. The lowest BCUT2D eigenvalue weighted by atomic mass is 9.89. The van der Waals surface area contributed by atoms with Crippen molar-refractivity contribution in [2.45, 2.75) is 53.5 Å². The zero-order valence-electron chi connectivity index (χ0n) is 13.7. The minimum atomic E-state index is -0.359. The van der Waals surface area contributed by atoms with E-state index in [0.717, 1.165) is 13.0 Å². The predicted octanol–water partition coefficient (Wildman–Crippen LogP) is 3.36. The number of anilines is 1. The number of aryl methyl sites for hydroxylation is 1. The summed E-state index contributed by atoms with van der Waals surface area (Å²) in [6, 6.07) is 2.03. The largest absolute Gasteiger partial charge is 0.310 e. The summed E-state index contributed by atoms with van der Waals surface area (Å²) in [5.74, 6) is 0.704. The Morgan fingerprint density at radius 2 is 2.05 bits per heavy atom. The van der Waals surface area contributed by atoms with Crippen molar-refractivity contribution in [2.75, 3.05) is 18.4 Å². The van der Waals surface area contributed by atoms with Crippen LogP contribution in [-0.2, 0) is 11.3 Å². The molecule has 4 nitrogen and oxygen atoms in total. The van der Waals surface area contributed by atoms with Gasteiger partial charge in [0, 0.05) is 18.2 Å². The van der Waals surface area contributed by atoms with Crippen LogP contribution in [0.1, 0.15) is 51.2 Å². The molecule has 116 valence electrons. The molecule has 2 heterocycles. The highest BCUT2D eigenvalue weighted by Gasteiger charge is 2.25. The Hall–Kier alpha value is -1.42. The molecule has 0 atom stereocenters. The SMILES string of the molecule is CCC(C)(C)C(=O)Nc1cc(CN2CCCC2)c(C)cn1. The maximum Gasteiger partial charge on any atom is 0.231 e. The molecule has 0 aliphatic carbocycles. The molecule has 0 bridgehead atoms. The van der Waals surface area contributed by atoms with Gasteiger partial charge in [-0.1, -0.05) is 20.8 Å². The van der Waals surface area contributed by atoms with E-state index in [4.69, 9.17) is 0 Å². The van der Waals surface area contributed by atoms with Gasteiger partial charge in [0.25, 0.3) is 0 Å². The Bertz CT molecular complexity index is 505. The zero-order valence-corrected chi connectivity index (χ0v) is 13.7. The van der Waals surface area contributed by atoms with Crippen molar-refractivity contribution in [1.29, 1.82) is 0 Å². The monoisotopic (exact) mass is 289 g/mol. The number of nitrogens with zero attached hydrogens (tertiary/aromatic N) is 2. The molecule has 1 aliphatic heterocycles. The topological polar surface area (TPSA) is 45.2 Å². The number of carbonyl (C=O) groups excluding carboxylic acids is 1. The first kappa shape index (κ1) is 16.0. The van der Waals surface area contributed by atoms with Crippen molar-refractivity contribution < 1.29 is 4.79 Å². The Kier molecular flexibility index (Phi) is 4.99. The van der Waals surface area contributed by atoms with E-state index in [2.05, 4.69) is 22.1 Å². The summed E-state index contributed by atoms with van der Waals surface area (Å²) in [6.07, 6.45) is 5.25. The van der Waals surface area contributed by atoms with Crippen LogP contribution in [0.15, 0.2) is 12.3 Å². The van der Waals surface area contributed by atoms with Gasteiger partial charge in [0.05, 0.1) is 0 Å². The van der Waals surface area contributed by atoms with Crippen molar-refractivity contribution in [3.8, 4) is 0 Å². The van der Waals surface area contributed by atoms with Gasteiger partial charge in [-0.2, -0.15) is 0 Å². The van der Waals surface area contributed by atoms with E-state index in [9.17, 15) is 4.79 Å². The highest BCUT2D eigenvalue weighted by molar-refractivity contribution is 5.94. The molecule has 4 heteroatoms. The molecular formula is C17H27N3O. The second kappa shape index (κ2) is 6.56. The fourth-order valence-corrected chi connectivity index (χ4v) is 2.43. The van der Waals surface area contributed by atoms with Crippen LogP contribution in [0.2, 0.25) is 0 Å². The average molecular weight is 289 g/mol. The molecule has 21 heavy (non-hydrogen) atoms. The summed E-state index contributed by atoms with van der Waals surface area (Å²) < 4.78 is 0. The fraction of sp³-hybridized carbons (Fsp3) is 0.647. The summed E-state index contributed by atoms with van der Waals surface area (Å²) in [7, 11) is 0. The van der Waals surface area contributed by atoms with Crippen LogP contribution in [0.4, 0.5) is 5.82 Å². The van der Waals surface area contributed by atoms with Crippen LogP contribution in [0.5, 0.6) is 0 Å². The highest BCUT2D eigenvalue weighted by Crippen LogP contribution is 2.23. The van der Waals surface area contributed by atoms with Crippen LogP contribution in [-0.4, -0.2) is 28.9 Å². The van der Waals surface area contributed by atoms with E-state index in [-0.39, 0.29) is 11.3 Å². The normalized spacial score (nSPS) is 16.2. The molecule has 0 spiro atoms. The lowest BCUT2D eigenvalue weighted by Gasteiger charge is -2.22. The smallest absolute Gasteiger partial charge is 0.231 e. The van der Waals surface area contributed by atoms with E-state index < -0.39 is 0 Å². The first-order chi connectivity index (χ1) is 9.92. The molecule has 0 unspecified atom stereocenters. The molecule has 1 aliphatic rings. The quantitative estimate of drug-likeness (QED) is 0.904. The van der Waals surface area contributed by atoms with Crippen molar-refractivity contribution in [3.63, 3.8) is 0 Å². The number of carbonyl (C=O) groups is 1. The van der Waals surface area contributed by atoms with Gasteiger partial charge in [-0.3, -0.25) is 9.69 Å². The minimum Gasteiger partial charge on any atom is -0.310 e. The molecule has 0 saturated carbocycles. The van der Waals surface area contributed by atoms with Gasteiger partial charge in [0.15, 0.2) is 0 Å². The molecule has 1 amide bonds. The molecular weight excluding hydrogens is 262 g/mol. The van der Waals surface area contributed by atoms with Crippen LogP contribution in [0, 0.1) is 12.3 Å². The van der Waals surface area contributed by atoms with Gasteiger partial charge in [-0.15, -0.1) is 0 Å². The zero-order chi connectivity index (χ0) is 15.5. The van der Waals surface area contributed by atoms with E-state index in [1.54, 1.807) is 0 Å². The second-order valence-electron chi connectivity index (χ2n) is 6.67. The summed E-state index contributed by atoms with van der Waals surface area (Å²) in [5, 5.41) is 2.96. The van der Waals surface area contributed by atoms with Crippen LogP contribution in [0.25, 0.3) is 0 Å². The van der Waals surface area contributed by atoms with Gasteiger partial charge in [-0.05, 0) is 56.5 Å². The number of hydrogen-bond donors (Lipinski definition) is 1. The first-order valence-electron chi connectivity index (χ1n) is 7.91. The third-order valence-electron chi connectivity index (χ3n) is 4.55. The Morgan fingerprint density at radius 3 is 2.67 bits per heavy atom. The van der Waals surface area contributed by atoms with E-state index >= 15 is 0 Å². The molecule has 1 fully saturated rings. The first-order valence-corrected chi connectivity index (χ1v) is 7.91.